The highest BCUT2D eigenvalue weighted by Gasteiger charge is 2.21. The monoisotopic (exact) mass is 254 g/mol. The van der Waals surface area contributed by atoms with Gasteiger partial charge >= 0.3 is 0 Å². The maximum Gasteiger partial charge on any atom is 0.00884 e. The third kappa shape index (κ3) is 2.84. The van der Waals surface area contributed by atoms with E-state index in [1.54, 1.807) is 0 Å². The molecule has 0 saturated carbocycles. The fourth-order valence-electron chi connectivity index (χ4n) is 1.53. The van der Waals surface area contributed by atoms with Crippen molar-refractivity contribution in [2.45, 2.75) is 33.6 Å². The van der Waals surface area contributed by atoms with Crippen LogP contribution in [0.4, 0.5) is 0 Å². The summed E-state index contributed by atoms with van der Waals surface area (Å²) < 4.78 is 0. The van der Waals surface area contributed by atoms with Gasteiger partial charge in [0.05, 0.1) is 0 Å². The van der Waals surface area contributed by atoms with Gasteiger partial charge in [-0.2, -0.15) is 0 Å². The van der Waals surface area contributed by atoms with Crippen LogP contribution in [0.15, 0.2) is 24.3 Å². The van der Waals surface area contributed by atoms with Gasteiger partial charge in [-0.1, -0.05) is 54.0 Å². The molecule has 78 valence electrons. The summed E-state index contributed by atoms with van der Waals surface area (Å²) >= 11 is 3.61. The SMILES string of the molecule is CCC(C)(CBr)Cc1ccccc1C. The van der Waals surface area contributed by atoms with E-state index in [1.807, 2.05) is 0 Å². The van der Waals surface area contributed by atoms with Crippen LogP contribution in [-0.2, 0) is 6.42 Å². The van der Waals surface area contributed by atoms with E-state index >= 15 is 0 Å². The molecule has 0 bridgehead atoms. The number of benzene rings is 1. The van der Waals surface area contributed by atoms with Gasteiger partial charge in [-0.25, -0.2) is 0 Å². The minimum Gasteiger partial charge on any atom is -0.0922 e. The molecule has 0 aliphatic rings. The molecule has 0 aliphatic heterocycles. The first-order valence-corrected chi connectivity index (χ1v) is 6.34. The third-order valence-electron chi connectivity index (χ3n) is 3.05. The topological polar surface area (TPSA) is 0 Å². The molecule has 0 N–H and O–H groups in total. The van der Waals surface area contributed by atoms with Crippen molar-refractivity contribution in [1.29, 1.82) is 0 Å². The lowest BCUT2D eigenvalue weighted by atomic mass is 9.82. The van der Waals surface area contributed by atoms with Crippen molar-refractivity contribution in [2.24, 2.45) is 5.41 Å². The Kier molecular flexibility index (Phi) is 4.18. The van der Waals surface area contributed by atoms with Crippen LogP contribution in [-0.4, -0.2) is 5.33 Å². The van der Waals surface area contributed by atoms with Crippen molar-refractivity contribution in [3.8, 4) is 0 Å². The maximum atomic E-state index is 3.61. The predicted octanol–water partition coefficient (Wildman–Crippen LogP) is 4.35. The highest BCUT2D eigenvalue weighted by Crippen LogP contribution is 2.29. The molecule has 1 aromatic rings. The predicted molar refractivity (Wildman–Crippen MR) is 67.1 cm³/mol. The number of halogens is 1. The van der Waals surface area contributed by atoms with E-state index < -0.39 is 0 Å². The fourth-order valence-corrected chi connectivity index (χ4v) is 2.13. The number of aryl methyl sites for hydroxylation is 1. The zero-order chi connectivity index (χ0) is 10.6. The molecule has 0 spiro atoms. The van der Waals surface area contributed by atoms with Crippen molar-refractivity contribution in [3.05, 3.63) is 35.4 Å². The van der Waals surface area contributed by atoms with E-state index in [9.17, 15) is 0 Å². The minimum atomic E-state index is 0.395. The molecule has 0 aromatic heterocycles. The van der Waals surface area contributed by atoms with Crippen molar-refractivity contribution in [1.82, 2.24) is 0 Å². The molecule has 0 aliphatic carbocycles. The summed E-state index contributed by atoms with van der Waals surface area (Å²) in [4.78, 5) is 0. The molecule has 1 unspecified atom stereocenters. The first kappa shape index (κ1) is 11.8. The Balaban J connectivity index is 2.82. The summed E-state index contributed by atoms with van der Waals surface area (Å²) in [5.41, 5.74) is 3.29. The van der Waals surface area contributed by atoms with Gasteiger partial charge in [-0.3, -0.25) is 0 Å². The average molecular weight is 255 g/mol. The highest BCUT2D eigenvalue weighted by atomic mass is 79.9. The average Bonchev–Trinajstić information content (AvgIpc) is 2.21. The van der Waals surface area contributed by atoms with Gasteiger partial charge in [0, 0.05) is 5.33 Å². The molecule has 1 aromatic carbocycles. The van der Waals surface area contributed by atoms with Crippen LogP contribution in [0, 0.1) is 12.3 Å². The molecular formula is C13H19Br. The van der Waals surface area contributed by atoms with Crippen LogP contribution >= 0.6 is 15.9 Å². The second-order valence-electron chi connectivity index (χ2n) is 4.40. The normalized spacial score (nSPS) is 15.1. The van der Waals surface area contributed by atoms with Crippen molar-refractivity contribution < 1.29 is 0 Å². The van der Waals surface area contributed by atoms with E-state index in [-0.39, 0.29) is 0 Å². The lowest BCUT2D eigenvalue weighted by Crippen LogP contribution is -2.20. The maximum absolute atomic E-state index is 3.61. The molecule has 1 rings (SSSR count). The Labute approximate surface area is 95.9 Å². The molecular weight excluding hydrogens is 236 g/mol. The Hall–Kier alpha value is -0.300. The summed E-state index contributed by atoms with van der Waals surface area (Å²) in [6.07, 6.45) is 2.38. The van der Waals surface area contributed by atoms with Gasteiger partial charge in [0.25, 0.3) is 0 Å². The minimum absolute atomic E-state index is 0.395. The van der Waals surface area contributed by atoms with E-state index in [0.717, 1.165) is 5.33 Å². The van der Waals surface area contributed by atoms with Gasteiger partial charge in [0.1, 0.15) is 0 Å². The van der Waals surface area contributed by atoms with Gasteiger partial charge in [-0.05, 0) is 36.3 Å². The van der Waals surface area contributed by atoms with Gasteiger partial charge < -0.3 is 0 Å². The zero-order valence-corrected chi connectivity index (χ0v) is 10.9. The second-order valence-corrected chi connectivity index (χ2v) is 4.96. The van der Waals surface area contributed by atoms with E-state index in [4.69, 9.17) is 0 Å². The molecule has 0 amide bonds. The smallest absolute Gasteiger partial charge is 0.00884 e. The lowest BCUT2D eigenvalue weighted by molar-refractivity contribution is 0.361. The first-order valence-electron chi connectivity index (χ1n) is 5.22. The molecule has 1 heteroatoms. The molecule has 0 fully saturated rings. The van der Waals surface area contributed by atoms with E-state index in [0.29, 0.717) is 5.41 Å². The van der Waals surface area contributed by atoms with Crippen LogP contribution < -0.4 is 0 Å². The molecule has 14 heavy (non-hydrogen) atoms. The van der Waals surface area contributed by atoms with Crippen LogP contribution in [0.5, 0.6) is 0 Å². The van der Waals surface area contributed by atoms with Crippen molar-refractivity contribution in [3.63, 3.8) is 0 Å². The summed E-state index contributed by atoms with van der Waals surface area (Å²) in [6, 6.07) is 8.68. The van der Waals surface area contributed by atoms with Gasteiger partial charge in [0.15, 0.2) is 0 Å². The quantitative estimate of drug-likeness (QED) is 0.702. The van der Waals surface area contributed by atoms with E-state index in [1.165, 1.54) is 24.0 Å². The highest BCUT2D eigenvalue weighted by molar-refractivity contribution is 9.09. The Morgan fingerprint density at radius 1 is 1.29 bits per heavy atom. The molecule has 0 heterocycles. The lowest BCUT2D eigenvalue weighted by Gasteiger charge is -2.26. The largest absolute Gasteiger partial charge is 0.0922 e. The van der Waals surface area contributed by atoms with Crippen LogP contribution in [0.3, 0.4) is 0 Å². The van der Waals surface area contributed by atoms with Crippen molar-refractivity contribution >= 4 is 15.9 Å². The van der Waals surface area contributed by atoms with E-state index in [2.05, 4.69) is 61.0 Å². The van der Waals surface area contributed by atoms with Crippen molar-refractivity contribution in [2.75, 3.05) is 5.33 Å². The standard InChI is InChI=1S/C13H19Br/c1-4-13(3,10-14)9-12-8-6-5-7-11(12)2/h5-8H,4,9-10H2,1-3H3. The molecule has 0 radical (unpaired) electrons. The Morgan fingerprint density at radius 2 is 1.93 bits per heavy atom. The zero-order valence-electron chi connectivity index (χ0n) is 9.31. The molecule has 0 saturated heterocycles. The number of alkyl halides is 1. The molecule has 1 atom stereocenters. The number of hydrogen-bond acceptors (Lipinski definition) is 0. The van der Waals surface area contributed by atoms with Crippen LogP contribution in [0.2, 0.25) is 0 Å². The first-order chi connectivity index (χ1) is 6.61. The third-order valence-corrected chi connectivity index (χ3v) is 4.41. The Morgan fingerprint density at radius 3 is 2.43 bits per heavy atom. The van der Waals surface area contributed by atoms with Gasteiger partial charge in [-0.15, -0.1) is 0 Å². The second kappa shape index (κ2) is 4.97. The Bertz CT molecular complexity index is 287. The number of rotatable bonds is 4. The molecule has 0 nitrogen and oxygen atoms in total. The summed E-state index contributed by atoms with van der Waals surface area (Å²) in [7, 11) is 0. The van der Waals surface area contributed by atoms with Gasteiger partial charge in [0.2, 0.25) is 0 Å². The van der Waals surface area contributed by atoms with Crippen LogP contribution in [0.25, 0.3) is 0 Å². The van der Waals surface area contributed by atoms with Crippen LogP contribution in [0.1, 0.15) is 31.4 Å². The summed E-state index contributed by atoms with van der Waals surface area (Å²) in [5, 5.41) is 1.07. The fraction of sp³-hybridized carbons (Fsp3) is 0.538. The number of hydrogen-bond donors (Lipinski definition) is 0. The summed E-state index contributed by atoms with van der Waals surface area (Å²) in [5.74, 6) is 0. The summed E-state index contributed by atoms with van der Waals surface area (Å²) in [6.45, 7) is 6.80.